The Morgan fingerprint density at radius 2 is 1.89 bits per heavy atom. The molecule has 2 rings (SSSR count). The molecule has 0 amide bonds. The van der Waals surface area contributed by atoms with E-state index in [1.54, 1.807) is 0 Å². The summed E-state index contributed by atoms with van der Waals surface area (Å²) >= 11 is 14.7. The highest BCUT2D eigenvalue weighted by atomic mass is 127. The predicted octanol–water partition coefficient (Wildman–Crippen LogP) is 5.10. The summed E-state index contributed by atoms with van der Waals surface area (Å²) in [5, 5.41) is 4.90. The van der Waals surface area contributed by atoms with E-state index in [4.69, 9.17) is 23.2 Å². The maximum atomic E-state index is 6.23. The lowest BCUT2D eigenvalue weighted by atomic mass is 9.99. The van der Waals surface area contributed by atoms with Crippen LogP contribution in [0.3, 0.4) is 0 Å². The van der Waals surface area contributed by atoms with E-state index in [1.165, 1.54) is 9.13 Å². The SMILES string of the molecule is CNC(Cc1ccccc1Cl)c1cc(Cl)ccc1I. The quantitative estimate of drug-likeness (QED) is 0.697. The zero-order chi connectivity index (χ0) is 13.8. The Morgan fingerprint density at radius 1 is 1.16 bits per heavy atom. The molecule has 0 heterocycles. The monoisotopic (exact) mass is 405 g/mol. The van der Waals surface area contributed by atoms with Gasteiger partial charge in [0, 0.05) is 19.7 Å². The fourth-order valence-corrected chi connectivity index (χ4v) is 3.14. The largest absolute Gasteiger partial charge is 0.313 e. The lowest BCUT2D eigenvalue weighted by molar-refractivity contribution is 0.589. The number of benzene rings is 2. The minimum atomic E-state index is 0.200. The summed E-state index contributed by atoms with van der Waals surface area (Å²) in [6, 6.07) is 14.1. The fraction of sp³-hybridized carbons (Fsp3) is 0.200. The van der Waals surface area contributed by atoms with Crippen LogP contribution in [-0.2, 0) is 6.42 Å². The number of hydrogen-bond acceptors (Lipinski definition) is 1. The van der Waals surface area contributed by atoms with Crippen LogP contribution in [0.25, 0.3) is 0 Å². The fourth-order valence-electron chi connectivity index (χ4n) is 2.03. The molecule has 19 heavy (non-hydrogen) atoms. The van der Waals surface area contributed by atoms with Gasteiger partial charge in [-0.15, -0.1) is 0 Å². The lowest BCUT2D eigenvalue weighted by Gasteiger charge is -2.19. The summed E-state index contributed by atoms with van der Waals surface area (Å²) in [6.07, 6.45) is 0.840. The highest BCUT2D eigenvalue weighted by Crippen LogP contribution is 2.28. The molecular formula is C15H14Cl2IN. The van der Waals surface area contributed by atoms with Gasteiger partial charge in [0.25, 0.3) is 0 Å². The van der Waals surface area contributed by atoms with E-state index in [-0.39, 0.29) is 6.04 Å². The normalized spacial score (nSPS) is 12.4. The van der Waals surface area contributed by atoms with Crippen molar-refractivity contribution in [3.05, 3.63) is 67.2 Å². The molecular weight excluding hydrogens is 392 g/mol. The minimum Gasteiger partial charge on any atom is -0.313 e. The third-order valence-electron chi connectivity index (χ3n) is 3.06. The maximum absolute atomic E-state index is 6.23. The molecule has 0 aliphatic heterocycles. The van der Waals surface area contributed by atoms with E-state index in [0.717, 1.165) is 22.0 Å². The van der Waals surface area contributed by atoms with Gasteiger partial charge in [0.05, 0.1) is 0 Å². The molecule has 0 bridgehead atoms. The zero-order valence-corrected chi connectivity index (χ0v) is 14.1. The van der Waals surface area contributed by atoms with Crippen molar-refractivity contribution in [2.75, 3.05) is 7.05 Å². The summed E-state index contributed by atoms with van der Waals surface area (Å²) in [4.78, 5) is 0. The van der Waals surface area contributed by atoms with Crippen LogP contribution in [0.1, 0.15) is 17.2 Å². The topological polar surface area (TPSA) is 12.0 Å². The van der Waals surface area contributed by atoms with Crippen LogP contribution in [-0.4, -0.2) is 7.05 Å². The van der Waals surface area contributed by atoms with Crippen LogP contribution >= 0.6 is 45.8 Å². The third kappa shape index (κ3) is 3.85. The van der Waals surface area contributed by atoms with Crippen LogP contribution < -0.4 is 5.32 Å². The molecule has 0 spiro atoms. The number of rotatable bonds is 4. The van der Waals surface area contributed by atoms with Crippen molar-refractivity contribution in [1.82, 2.24) is 5.32 Å². The summed E-state index contributed by atoms with van der Waals surface area (Å²) in [5.41, 5.74) is 2.34. The van der Waals surface area contributed by atoms with E-state index in [0.29, 0.717) is 0 Å². The molecule has 1 N–H and O–H groups in total. The van der Waals surface area contributed by atoms with E-state index in [9.17, 15) is 0 Å². The molecule has 0 aliphatic rings. The van der Waals surface area contributed by atoms with Crippen molar-refractivity contribution in [3.63, 3.8) is 0 Å². The minimum absolute atomic E-state index is 0.200. The summed E-state index contributed by atoms with van der Waals surface area (Å²) in [6.45, 7) is 0. The van der Waals surface area contributed by atoms with E-state index >= 15 is 0 Å². The van der Waals surface area contributed by atoms with Gasteiger partial charge in [-0.1, -0.05) is 41.4 Å². The van der Waals surface area contributed by atoms with Gasteiger partial charge in [-0.3, -0.25) is 0 Å². The molecule has 0 fully saturated rings. The Bertz CT molecular complexity index is 572. The first kappa shape index (κ1) is 15.1. The van der Waals surface area contributed by atoms with Gasteiger partial charge >= 0.3 is 0 Å². The zero-order valence-electron chi connectivity index (χ0n) is 10.5. The van der Waals surface area contributed by atoms with Crippen LogP contribution in [0.4, 0.5) is 0 Å². The second kappa shape index (κ2) is 6.93. The van der Waals surface area contributed by atoms with Gasteiger partial charge in [0.2, 0.25) is 0 Å². The Morgan fingerprint density at radius 3 is 2.58 bits per heavy atom. The molecule has 1 nitrogen and oxygen atoms in total. The lowest BCUT2D eigenvalue weighted by Crippen LogP contribution is -2.20. The highest BCUT2D eigenvalue weighted by molar-refractivity contribution is 14.1. The predicted molar refractivity (Wildman–Crippen MR) is 91.1 cm³/mol. The van der Waals surface area contributed by atoms with E-state index in [2.05, 4.69) is 34.0 Å². The van der Waals surface area contributed by atoms with Gasteiger partial charge in [-0.2, -0.15) is 0 Å². The van der Waals surface area contributed by atoms with Gasteiger partial charge in [-0.25, -0.2) is 0 Å². The molecule has 0 saturated carbocycles. The van der Waals surface area contributed by atoms with Gasteiger partial charge in [-0.05, 0) is 71.5 Å². The van der Waals surface area contributed by atoms with E-state index < -0.39 is 0 Å². The van der Waals surface area contributed by atoms with Crippen molar-refractivity contribution >= 4 is 45.8 Å². The smallest absolute Gasteiger partial charge is 0.0438 e. The van der Waals surface area contributed by atoms with Crippen LogP contribution in [0, 0.1) is 3.57 Å². The average Bonchev–Trinajstić information content (AvgIpc) is 2.41. The van der Waals surface area contributed by atoms with Crippen molar-refractivity contribution in [1.29, 1.82) is 0 Å². The molecule has 100 valence electrons. The molecule has 0 radical (unpaired) electrons. The van der Waals surface area contributed by atoms with Crippen molar-refractivity contribution < 1.29 is 0 Å². The summed E-state index contributed by atoms with van der Waals surface area (Å²) < 4.78 is 1.20. The molecule has 2 aromatic rings. The molecule has 1 atom stereocenters. The Balaban J connectivity index is 2.30. The van der Waals surface area contributed by atoms with E-state index in [1.807, 2.05) is 43.4 Å². The maximum Gasteiger partial charge on any atom is 0.0438 e. The van der Waals surface area contributed by atoms with Gasteiger partial charge in [0.1, 0.15) is 0 Å². The third-order valence-corrected chi connectivity index (χ3v) is 4.65. The first-order chi connectivity index (χ1) is 9.11. The van der Waals surface area contributed by atoms with Crippen LogP contribution in [0.2, 0.25) is 10.0 Å². The Hall–Kier alpha value is -0.290. The molecule has 0 aliphatic carbocycles. The molecule has 0 saturated heterocycles. The first-order valence-corrected chi connectivity index (χ1v) is 7.81. The summed E-state index contributed by atoms with van der Waals surface area (Å²) in [7, 11) is 1.96. The molecule has 2 aromatic carbocycles. The van der Waals surface area contributed by atoms with Gasteiger partial charge in [0.15, 0.2) is 0 Å². The molecule has 1 unspecified atom stereocenters. The Labute approximate surface area is 137 Å². The number of halogens is 3. The number of hydrogen-bond donors (Lipinski definition) is 1. The molecule has 0 aromatic heterocycles. The number of nitrogens with one attached hydrogen (secondary N) is 1. The van der Waals surface area contributed by atoms with Crippen molar-refractivity contribution in [2.45, 2.75) is 12.5 Å². The summed E-state index contributed by atoms with van der Waals surface area (Å²) in [5.74, 6) is 0. The molecule has 4 heteroatoms. The first-order valence-electron chi connectivity index (χ1n) is 5.97. The van der Waals surface area contributed by atoms with Crippen molar-refractivity contribution in [3.8, 4) is 0 Å². The van der Waals surface area contributed by atoms with Crippen LogP contribution in [0.15, 0.2) is 42.5 Å². The number of likely N-dealkylation sites (N-methyl/N-ethyl adjacent to an activating group) is 1. The van der Waals surface area contributed by atoms with Gasteiger partial charge < -0.3 is 5.32 Å². The highest BCUT2D eigenvalue weighted by Gasteiger charge is 2.15. The second-order valence-corrected chi connectivity index (χ2v) is 6.31. The second-order valence-electron chi connectivity index (χ2n) is 4.30. The average molecular weight is 406 g/mol. The Kier molecular flexibility index (Phi) is 5.51. The van der Waals surface area contributed by atoms with Crippen molar-refractivity contribution in [2.24, 2.45) is 0 Å². The van der Waals surface area contributed by atoms with Crippen LogP contribution in [0.5, 0.6) is 0 Å². The standard InChI is InChI=1S/C15H14Cl2IN/c1-19-15(8-10-4-2-3-5-13(10)17)12-9-11(16)6-7-14(12)18/h2-7,9,15,19H,8H2,1H3.